The maximum absolute atomic E-state index is 12.5. The Kier molecular flexibility index (Phi) is 2.96. The van der Waals surface area contributed by atoms with E-state index in [2.05, 4.69) is 21.2 Å². The molecule has 0 aliphatic carbocycles. The van der Waals surface area contributed by atoms with Gasteiger partial charge in [0.15, 0.2) is 0 Å². The fourth-order valence-electron chi connectivity index (χ4n) is 2.88. The second-order valence-corrected chi connectivity index (χ2v) is 5.54. The van der Waals surface area contributed by atoms with Crippen molar-refractivity contribution in [2.45, 2.75) is 31.3 Å². The average molecular weight is 299 g/mol. The van der Waals surface area contributed by atoms with Gasteiger partial charge < -0.3 is 14.6 Å². The number of fused-ring (bicyclic) bond motifs is 2. The molecule has 4 nitrogen and oxygen atoms in total. The molecule has 0 saturated carbocycles. The van der Waals surface area contributed by atoms with Crippen LogP contribution in [0.3, 0.4) is 0 Å². The van der Waals surface area contributed by atoms with Gasteiger partial charge in [-0.3, -0.25) is 4.79 Å². The number of nitrogens with one attached hydrogen (secondary N) is 1. The number of hydrogen-bond acceptors (Lipinski definition) is 3. The molecule has 2 bridgehead atoms. The normalized spacial score (nSPS) is 28.2. The molecular formula is C12H15BrN2O2. The van der Waals surface area contributed by atoms with E-state index in [0.717, 1.165) is 36.8 Å². The molecule has 2 atom stereocenters. The lowest BCUT2D eigenvalue weighted by Gasteiger charge is -2.27. The molecular weight excluding hydrogens is 284 g/mol. The van der Waals surface area contributed by atoms with Gasteiger partial charge in [-0.1, -0.05) is 0 Å². The van der Waals surface area contributed by atoms with Gasteiger partial charge in [-0.15, -0.1) is 0 Å². The Morgan fingerprint density at radius 1 is 1.41 bits per heavy atom. The lowest BCUT2D eigenvalue weighted by atomic mass is 10.1. The molecule has 92 valence electrons. The van der Waals surface area contributed by atoms with Crippen LogP contribution < -0.4 is 5.32 Å². The Balaban J connectivity index is 1.88. The van der Waals surface area contributed by atoms with Crippen LogP contribution in [0.2, 0.25) is 0 Å². The largest absolute Gasteiger partial charge is 0.458 e. The van der Waals surface area contributed by atoms with Crippen LogP contribution >= 0.6 is 15.9 Å². The van der Waals surface area contributed by atoms with Crippen molar-refractivity contribution < 1.29 is 9.21 Å². The summed E-state index contributed by atoms with van der Waals surface area (Å²) in [5.74, 6) is 0.460. The number of carbonyl (C=O) groups excluding carboxylic acids is 1. The monoisotopic (exact) mass is 298 g/mol. The maximum atomic E-state index is 12.5. The standard InChI is InChI=1S/C12H15BrN2O2/c13-10-4-6-17-11(10)12(16)15-8-1-2-9(15)7-14-5-3-8/h4,6,8-9,14H,1-3,5,7H2. The van der Waals surface area contributed by atoms with E-state index in [1.165, 1.54) is 0 Å². The fraction of sp³-hybridized carbons (Fsp3) is 0.583. The lowest BCUT2D eigenvalue weighted by molar-refractivity contribution is 0.0646. The Morgan fingerprint density at radius 3 is 3.00 bits per heavy atom. The van der Waals surface area contributed by atoms with Gasteiger partial charge in [0.25, 0.3) is 5.91 Å². The summed E-state index contributed by atoms with van der Waals surface area (Å²) in [6, 6.07) is 2.47. The van der Waals surface area contributed by atoms with Crippen molar-refractivity contribution in [3.8, 4) is 0 Å². The molecule has 1 N–H and O–H groups in total. The highest BCUT2D eigenvalue weighted by Crippen LogP contribution is 2.31. The molecule has 0 aromatic carbocycles. The summed E-state index contributed by atoms with van der Waals surface area (Å²) < 4.78 is 6.04. The first kappa shape index (κ1) is 11.3. The van der Waals surface area contributed by atoms with Gasteiger partial charge in [0, 0.05) is 18.6 Å². The third-order valence-electron chi connectivity index (χ3n) is 3.70. The van der Waals surface area contributed by atoms with E-state index < -0.39 is 0 Å². The van der Waals surface area contributed by atoms with Crippen LogP contribution in [0.5, 0.6) is 0 Å². The number of amides is 1. The molecule has 1 amide bonds. The predicted molar refractivity (Wildman–Crippen MR) is 66.9 cm³/mol. The minimum atomic E-state index is 0.0260. The number of carbonyl (C=O) groups is 1. The quantitative estimate of drug-likeness (QED) is 0.863. The Bertz CT molecular complexity index is 418. The number of furan rings is 1. The summed E-state index contributed by atoms with van der Waals surface area (Å²) in [7, 11) is 0. The molecule has 2 saturated heterocycles. The van der Waals surface area contributed by atoms with Crippen molar-refractivity contribution in [3.05, 3.63) is 22.6 Å². The molecule has 0 spiro atoms. The van der Waals surface area contributed by atoms with Crippen LogP contribution in [0.25, 0.3) is 0 Å². The first-order valence-corrected chi connectivity index (χ1v) is 6.83. The molecule has 3 heterocycles. The van der Waals surface area contributed by atoms with E-state index >= 15 is 0 Å². The zero-order chi connectivity index (χ0) is 11.8. The Hall–Kier alpha value is -0.810. The molecule has 2 unspecified atom stereocenters. The van der Waals surface area contributed by atoms with Crippen LogP contribution in [-0.4, -0.2) is 36.0 Å². The van der Waals surface area contributed by atoms with Crippen molar-refractivity contribution in [2.24, 2.45) is 0 Å². The van der Waals surface area contributed by atoms with Crippen molar-refractivity contribution in [1.29, 1.82) is 0 Å². The highest BCUT2D eigenvalue weighted by molar-refractivity contribution is 9.10. The van der Waals surface area contributed by atoms with E-state index in [1.54, 1.807) is 12.3 Å². The molecule has 17 heavy (non-hydrogen) atoms. The minimum Gasteiger partial charge on any atom is -0.458 e. The Morgan fingerprint density at radius 2 is 2.24 bits per heavy atom. The number of hydrogen-bond donors (Lipinski definition) is 1. The highest BCUT2D eigenvalue weighted by atomic mass is 79.9. The van der Waals surface area contributed by atoms with Crippen LogP contribution in [-0.2, 0) is 0 Å². The summed E-state index contributed by atoms with van der Waals surface area (Å²) in [6.45, 7) is 1.91. The summed E-state index contributed by atoms with van der Waals surface area (Å²) in [4.78, 5) is 14.5. The molecule has 2 aliphatic heterocycles. The van der Waals surface area contributed by atoms with Gasteiger partial charge >= 0.3 is 0 Å². The minimum absolute atomic E-state index is 0.0260. The van der Waals surface area contributed by atoms with Crippen LogP contribution in [0, 0.1) is 0 Å². The summed E-state index contributed by atoms with van der Waals surface area (Å²) >= 11 is 3.36. The smallest absolute Gasteiger partial charge is 0.291 e. The van der Waals surface area contributed by atoms with Gasteiger partial charge in [0.05, 0.1) is 10.7 Å². The molecule has 0 radical (unpaired) electrons. The number of halogens is 1. The summed E-state index contributed by atoms with van der Waals surface area (Å²) in [5, 5.41) is 3.39. The third-order valence-corrected chi connectivity index (χ3v) is 4.32. The molecule has 5 heteroatoms. The predicted octanol–water partition coefficient (Wildman–Crippen LogP) is 2.01. The van der Waals surface area contributed by atoms with Crippen LogP contribution in [0.15, 0.2) is 21.2 Å². The molecule has 2 aliphatic rings. The van der Waals surface area contributed by atoms with Gasteiger partial charge in [-0.25, -0.2) is 0 Å². The molecule has 1 aromatic heterocycles. The van der Waals surface area contributed by atoms with Crippen molar-refractivity contribution >= 4 is 21.8 Å². The van der Waals surface area contributed by atoms with E-state index in [1.807, 2.05) is 4.90 Å². The third kappa shape index (κ3) is 1.91. The number of rotatable bonds is 1. The van der Waals surface area contributed by atoms with Crippen LogP contribution in [0.4, 0.5) is 0 Å². The van der Waals surface area contributed by atoms with Gasteiger partial charge in [0.1, 0.15) is 0 Å². The maximum Gasteiger partial charge on any atom is 0.291 e. The van der Waals surface area contributed by atoms with Crippen molar-refractivity contribution in [2.75, 3.05) is 13.1 Å². The van der Waals surface area contributed by atoms with E-state index in [-0.39, 0.29) is 5.91 Å². The SMILES string of the molecule is O=C(c1occc1Br)N1C2CCNCC1CC2. The Labute approximate surface area is 108 Å². The lowest BCUT2D eigenvalue weighted by Crippen LogP contribution is -2.42. The van der Waals surface area contributed by atoms with E-state index in [0.29, 0.717) is 17.8 Å². The number of nitrogens with zero attached hydrogens (tertiary/aromatic N) is 1. The highest BCUT2D eigenvalue weighted by Gasteiger charge is 2.39. The molecule has 1 aromatic rings. The van der Waals surface area contributed by atoms with Crippen LogP contribution in [0.1, 0.15) is 29.8 Å². The second-order valence-electron chi connectivity index (χ2n) is 4.69. The average Bonchev–Trinajstić information content (AvgIpc) is 2.81. The van der Waals surface area contributed by atoms with E-state index in [9.17, 15) is 4.79 Å². The zero-order valence-corrected chi connectivity index (χ0v) is 11.1. The topological polar surface area (TPSA) is 45.5 Å². The first-order chi connectivity index (χ1) is 8.27. The molecule has 3 rings (SSSR count). The summed E-state index contributed by atoms with van der Waals surface area (Å²) in [6.07, 6.45) is 4.81. The van der Waals surface area contributed by atoms with Crippen molar-refractivity contribution in [1.82, 2.24) is 10.2 Å². The first-order valence-electron chi connectivity index (χ1n) is 6.04. The van der Waals surface area contributed by atoms with E-state index in [4.69, 9.17) is 4.42 Å². The van der Waals surface area contributed by atoms with Gasteiger partial charge in [-0.2, -0.15) is 0 Å². The zero-order valence-electron chi connectivity index (χ0n) is 9.49. The van der Waals surface area contributed by atoms with Crippen molar-refractivity contribution in [3.63, 3.8) is 0 Å². The van der Waals surface area contributed by atoms with Gasteiger partial charge in [0.2, 0.25) is 5.76 Å². The second kappa shape index (κ2) is 4.46. The van der Waals surface area contributed by atoms with Gasteiger partial charge in [-0.05, 0) is 47.8 Å². The fourth-order valence-corrected chi connectivity index (χ4v) is 3.25. The molecule has 2 fully saturated rings. The summed E-state index contributed by atoms with van der Waals surface area (Å²) in [5.41, 5.74) is 0.